The van der Waals surface area contributed by atoms with Crippen molar-refractivity contribution in [1.29, 1.82) is 0 Å². The molecule has 1 saturated heterocycles. The summed E-state index contributed by atoms with van der Waals surface area (Å²) in [6, 6.07) is 9.23. The second-order valence-corrected chi connectivity index (χ2v) is 8.31. The van der Waals surface area contributed by atoms with Gasteiger partial charge in [0, 0.05) is 37.1 Å². The quantitative estimate of drug-likeness (QED) is 0.502. The number of alkyl halides is 3. The van der Waals surface area contributed by atoms with Crippen molar-refractivity contribution in [2.24, 2.45) is 0 Å². The monoisotopic (exact) mass is 515 g/mol. The topological polar surface area (TPSA) is 104 Å². The number of hydrogen-bond donors (Lipinski definition) is 2. The number of amides is 3. The van der Waals surface area contributed by atoms with Crippen LogP contribution in [0.1, 0.15) is 49.6 Å². The minimum atomic E-state index is -4.55. The van der Waals surface area contributed by atoms with Crippen LogP contribution in [0.3, 0.4) is 0 Å². The molecular formula is C25H21F4N5O3. The molecule has 0 bridgehead atoms. The Labute approximate surface area is 208 Å². The molecule has 0 aliphatic carbocycles. The van der Waals surface area contributed by atoms with Gasteiger partial charge >= 0.3 is 6.18 Å². The van der Waals surface area contributed by atoms with Crippen LogP contribution in [0.4, 0.5) is 23.4 Å². The molecule has 0 atom stereocenters. The van der Waals surface area contributed by atoms with Crippen molar-refractivity contribution < 1.29 is 31.9 Å². The lowest BCUT2D eigenvalue weighted by atomic mass is 10.0. The van der Waals surface area contributed by atoms with Crippen molar-refractivity contribution in [1.82, 2.24) is 20.2 Å². The van der Waals surface area contributed by atoms with E-state index in [2.05, 4.69) is 20.6 Å². The molecule has 0 unspecified atom stereocenters. The molecule has 4 rings (SSSR count). The van der Waals surface area contributed by atoms with Crippen LogP contribution in [0, 0.1) is 5.82 Å². The van der Waals surface area contributed by atoms with Crippen molar-refractivity contribution in [3.8, 4) is 0 Å². The molecule has 3 amide bonds. The number of piperidine rings is 1. The van der Waals surface area contributed by atoms with Crippen LogP contribution in [0.25, 0.3) is 0 Å². The Morgan fingerprint density at radius 2 is 1.62 bits per heavy atom. The molecule has 2 aromatic carbocycles. The summed E-state index contributed by atoms with van der Waals surface area (Å²) in [6.45, 7) is 0.439. The van der Waals surface area contributed by atoms with Gasteiger partial charge in [0.2, 0.25) is 0 Å². The van der Waals surface area contributed by atoms with Gasteiger partial charge in [-0.1, -0.05) is 18.2 Å². The molecular weight excluding hydrogens is 494 g/mol. The number of benzene rings is 2. The van der Waals surface area contributed by atoms with Gasteiger partial charge in [-0.2, -0.15) is 13.2 Å². The molecule has 192 valence electrons. The number of rotatable bonds is 5. The van der Waals surface area contributed by atoms with E-state index >= 15 is 0 Å². The Morgan fingerprint density at radius 3 is 2.32 bits per heavy atom. The van der Waals surface area contributed by atoms with Crippen molar-refractivity contribution in [2.45, 2.75) is 25.1 Å². The summed E-state index contributed by atoms with van der Waals surface area (Å²) < 4.78 is 52.8. The van der Waals surface area contributed by atoms with Crippen LogP contribution in [0.2, 0.25) is 0 Å². The molecule has 1 aromatic heterocycles. The Bertz CT molecular complexity index is 1320. The molecule has 0 spiro atoms. The average Bonchev–Trinajstić information content (AvgIpc) is 2.89. The van der Waals surface area contributed by atoms with Gasteiger partial charge in [0.25, 0.3) is 17.7 Å². The number of halogens is 4. The first-order valence-electron chi connectivity index (χ1n) is 11.3. The molecule has 2 N–H and O–H groups in total. The van der Waals surface area contributed by atoms with Gasteiger partial charge in [-0.05, 0) is 43.2 Å². The Morgan fingerprint density at radius 1 is 0.919 bits per heavy atom. The Balaban J connectivity index is 1.37. The van der Waals surface area contributed by atoms with Crippen LogP contribution in [0.15, 0.2) is 60.9 Å². The highest BCUT2D eigenvalue weighted by atomic mass is 19.4. The summed E-state index contributed by atoms with van der Waals surface area (Å²) in [7, 11) is 0. The lowest BCUT2D eigenvalue weighted by Crippen LogP contribution is -2.46. The van der Waals surface area contributed by atoms with E-state index in [1.165, 1.54) is 47.6 Å². The lowest BCUT2D eigenvalue weighted by Gasteiger charge is -2.32. The number of nitrogens with zero attached hydrogens (tertiary/aromatic N) is 3. The largest absolute Gasteiger partial charge is 0.416 e. The third kappa shape index (κ3) is 6.08. The zero-order chi connectivity index (χ0) is 26.6. The van der Waals surface area contributed by atoms with Crippen LogP contribution in [0.5, 0.6) is 0 Å². The summed E-state index contributed by atoms with van der Waals surface area (Å²) >= 11 is 0. The normalized spacial score (nSPS) is 14.2. The van der Waals surface area contributed by atoms with E-state index in [4.69, 9.17) is 0 Å². The maximum Gasteiger partial charge on any atom is 0.416 e. The third-order valence-electron chi connectivity index (χ3n) is 5.82. The smallest absolute Gasteiger partial charge is 0.348 e. The van der Waals surface area contributed by atoms with Gasteiger partial charge in [0.1, 0.15) is 5.82 Å². The predicted molar refractivity (Wildman–Crippen MR) is 124 cm³/mol. The molecule has 1 fully saturated rings. The summed E-state index contributed by atoms with van der Waals surface area (Å²) in [5.41, 5.74) is -1.36. The number of hydrogen-bond acceptors (Lipinski definition) is 5. The minimum Gasteiger partial charge on any atom is -0.348 e. The summed E-state index contributed by atoms with van der Waals surface area (Å²) in [5, 5.41) is 5.17. The van der Waals surface area contributed by atoms with Crippen molar-refractivity contribution >= 4 is 23.5 Å². The molecule has 0 saturated carbocycles. The fourth-order valence-electron chi connectivity index (χ4n) is 3.91. The average molecular weight is 515 g/mol. The van der Waals surface area contributed by atoms with E-state index < -0.39 is 35.3 Å². The molecule has 12 heteroatoms. The van der Waals surface area contributed by atoms with Gasteiger partial charge in [0.05, 0.1) is 11.1 Å². The highest BCUT2D eigenvalue weighted by Crippen LogP contribution is 2.30. The van der Waals surface area contributed by atoms with Gasteiger partial charge in [0.15, 0.2) is 11.5 Å². The first-order chi connectivity index (χ1) is 17.6. The molecule has 1 aliphatic rings. The van der Waals surface area contributed by atoms with Gasteiger partial charge < -0.3 is 15.5 Å². The Hall–Kier alpha value is -4.35. The SMILES string of the molecule is O=C(Nc1nccnc1C(=O)NC1CCN(C(=O)c2cccc(C(F)(F)F)c2)CC1)c1ccccc1F. The van der Waals surface area contributed by atoms with Crippen molar-refractivity contribution in [2.75, 3.05) is 18.4 Å². The van der Waals surface area contributed by atoms with E-state index in [0.29, 0.717) is 12.8 Å². The third-order valence-corrected chi connectivity index (χ3v) is 5.82. The molecule has 0 radical (unpaired) electrons. The number of carbonyl (C=O) groups is 3. The molecule has 1 aliphatic heterocycles. The van der Waals surface area contributed by atoms with Crippen molar-refractivity contribution in [3.05, 3.63) is 89.1 Å². The Kier molecular flexibility index (Phi) is 7.46. The van der Waals surface area contributed by atoms with E-state index in [1.54, 1.807) is 0 Å². The van der Waals surface area contributed by atoms with E-state index in [1.807, 2.05) is 0 Å². The molecule has 37 heavy (non-hydrogen) atoms. The van der Waals surface area contributed by atoms with Crippen LogP contribution < -0.4 is 10.6 Å². The fraction of sp³-hybridized carbons (Fsp3) is 0.240. The predicted octanol–water partition coefficient (Wildman–Crippen LogP) is 3.92. The van der Waals surface area contributed by atoms with Crippen LogP contribution in [-0.2, 0) is 6.18 Å². The highest BCUT2D eigenvalue weighted by Gasteiger charge is 2.32. The first kappa shape index (κ1) is 25.7. The van der Waals surface area contributed by atoms with Crippen LogP contribution in [-0.4, -0.2) is 51.7 Å². The molecule has 8 nitrogen and oxygen atoms in total. The van der Waals surface area contributed by atoms with Gasteiger partial charge in [-0.25, -0.2) is 14.4 Å². The van der Waals surface area contributed by atoms with E-state index in [9.17, 15) is 31.9 Å². The van der Waals surface area contributed by atoms with Crippen LogP contribution >= 0.6 is 0 Å². The minimum absolute atomic E-state index is 0.0629. The lowest BCUT2D eigenvalue weighted by molar-refractivity contribution is -0.137. The zero-order valence-corrected chi connectivity index (χ0v) is 19.3. The molecule has 2 heterocycles. The standard InChI is InChI=1S/C25H21F4N5O3/c26-19-7-2-1-6-18(19)22(35)33-21-20(30-10-11-31-21)23(36)32-17-8-12-34(13-9-17)24(37)15-4-3-5-16(14-15)25(27,28)29/h1-7,10-11,14,17H,8-9,12-13H2,(H,32,36)(H,31,33,35). The summed E-state index contributed by atoms with van der Waals surface area (Å²) in [4.78, 5) is 47.4. The number of nitrogens with one attached hydrogen (secondary N) is 2. The fourth-order valence-corrected chi connectivity index (χ4v) is 3.91. The van der Waals surface area contributed by atoms with Gasteiger partial charge in [-0.15, -0.1) is 0 Å². The highest BCUT2D eigenvalue weighted by molar-refractivity contribution is 6.07. The maximum atomic E-state index is 13.9. The number of aromatic nitrogens is 2. The second-order valence-electron chi connectivity index (χ2n) is 8.31. The zero-order valence-electron chi connectivity index (χ0n) is 19.3. The maximum absolute atomic E-state index is 13.9. The van der Waals surface area contributed by atoms with Crippen molar-refractivity contribution in [3.63, 3.8) is 0 Å². The molecule has 3 aromatic rings. The van der Waals surface area contributed by atoms with E-state index in [-0.39, 0.29) is 41.8 Å². The van der Waals surface area contributed by atoms with E-state index in [0.717, 1.165) is 18.2 Å². The summed E-state index contributed by atoms with van der Waals surface area (Å²) in [6.07, 6.45) is -1.31. The summed E-state index contributed by atoms with van der Waals surface area (Å²) in [5.74, 6) is -2.83. The number of likely N-dealkylation sites (tertiary alicyclic amines) is 1. The number of anilines is 1. The first-order valence-corrected chi connectivity index (χ1v) is 11.3. The second kappa shape index (κ2) is 10.7. The van der Waals surface area contributed by atoms with Gasteiger partial charge in [-0.3, -0.25) is 14.4 Å². The number of carbonyl (C=O) groups excluding carboxylic acids is 3.